The van der Waals surface area contributed by atoms with Gasteiger partial charge in [0.1, 0.15) is 5.75 Å². The summed E-state index contributed by atoms with van der Waals surface area (Å²) in [4.78, 5) is 0. The van der Waals surface area contributed by atoms with E-state index in [2.05, 4.69) is 26.1 Å². The lowest BCUT2D eigenvalue weighted by Crippen LogP contribution is -2.09. The maximum absolute atomic E-state index is 5.73. The number of nitrogens with zero attached hydrogens (tertiary/aromatic N) is 2. The summed E-state index contributed by atoms with van der Waals surface area (Å²) in [6.45, 7) is 0. The van der Waals surface area contributed by atoms with Crippen LogP contribution in [0.25, 0.3) is 11.4 Å². The lowest BCUT2D eigenvalue weighted by Gasteiger charge is -2.05. The van der Waals surface area contributed by atoms with Gasteiger partial charge < -0.3 is 10.6 Å². The quantitative estimate of drug-likeness (QED) is 0.658. The van der Waals surface area contributed by atoms with E-state index in [1.54, 1.807) is 7.11 Å². The minimum atomic E-state index is 0.377. The number of aromatic amines is 1. The second-order valence-corrected chi connectivity index (χ2v) is 4.31. The molecule has 0 saturated carbocycles. The highest BCUT2D eigenvalue weighted by atomic mass is 79.9. The first-order chi connectivity index (χ1) is 7.63. The van der Waals surface area contributed by atoms with Gasteiger partial charge in [0, 0.05) is 5.56 Å². The standard InChI is InChI=1S/C9H9BrN4OS/c1-15-7-3-2-5(4-6(7)10)8-12-13-9(16)14(8)11/h2-4H,11H2,1H3,(H,13,16). The molecule has 16 heavy (non-hydrogen) atoms. The minimum Gasteiger partial charge on any atom is -0.496 e. The Bertz CT molecular complexity index is 577. The number of nitrogens with one attached hydrogen (secondary N) is 1. The molecule has 0 saturated heterocycles. The molecule has 5 nitrogen and oxygen atoms in total. The van der Waals surface area contributed by atoms with Gasteiger partial charge in [0.05, 0.1) is 11.6 Å². The van der Waals surface area contributed by atoms with Crippen LogP contribution in [0.5, 0.6) is 5.75 Å². The molecule has 0 aliphatic carbocycles. The fraction of sp³-hybridized carbons (Fsp3) is 0.111. The van der Waals surface area contributed by atoms with E-state index in [-0.39, 0.29) is 0 Å². The van der Waals surface area contributed by atoms with Crippen molar-refractivity contribution in [3.63, 3.8) is 0 Å². The number of benzene rings is 1. The van der Waals surface area contributed by atoms with E-state index in [0.717, 1.165) is 15.8 Å². The predicted molar refractivity (Wildman–Crippen MR) is 67.3 cm³/mol. The summed E-state index contributed by atoms with van der Waals surface area (Å²) in [5, 5.41) is 6.67. The molecule has 7 heteroatoms. The Kier molecular flexibility index (Phi) is 2.97. The van der Waals surface area contributed by atoms with Gasteiger partial charge in [-0.1, -0.05) is 0 Å². The minimum absolute atomic E-state index is 0.377. The molecule has 0 radical (unpaired) electrons. The number of methoxy groups -OCH3 is 1. The number of ether oxygens (including phenoxy) is 1. The Morgan fingerprint density at radius 3 is 2.81 bits per heavy atom. The molecule has 0 bridgehead atoms. The van der Waals surface area contributed by atoms with Crippen LogP contribution in [0.3, 0.4) is 0 Å². The maximum Gasteiger partial charge on any atom is 0.214 e. The van der Waals surface area contributed by atoms with Crippen LogP contribution in [-0.4, -0.2) is 22.0 Å². The largest absolute Gasteiger partial charge is 0.496 e. The molecule has 0 fully saturated rings. The summed E-state index contributed by atoms with van der Waals surface area (Å²) in [6, 6.07) is 5.56. The second kappa shape index (κ2) is 4.26. The van der Waals surface area contributed by atoms with E-state index in [9.17, 15) is 0 Å². The number of nitrogen functional groups attached to an aromatic ring is 1. The molecule has 3 N–H and O–H groups in total. The van der Waals surface area contributed by atoms with Gasteiger partial charge in [-0.15, -0.1) is 0 Å². The summed E-state index contributed by atoms with van der Waals surface area (Å²) in [7, 11) is 1.61. The van der Waals surface area contributed by atoms with Gasteiger partial charge in [0.15, 0.2) is 5.82 Å². The van der Waals surface area contributed by atoms with Crippen molar-refractivity contribution in [2.45, 2.75) is 0 Å². The third kappa shape index (κ3) is 1.83. The highest BCUT2D eigenvalue weighted by Crippen LogP contribution is 2.29. The second-order valence-electron chi connectivity index (χ2n) is 3.07. The van der Waals surface area contributed by atoms with Crippen LogP contribution in [0, 0.1) is 4.77 Å². The van der Waals surface area contributed by atoms with Crippen LogP contribution >= 0.6 is 28.1 Å². The molecule has 0 unspecified atom stereocenters. The van der Waals surface area contributed by atoms with Crippen molar-refractivity contribution in [2.24, 2.45) is 0 Å². The van der Waals surface area contributed by atoms with Crippen LogP contribution in [0.1, 0.15) is 0 Å². The molecule has 1 heterocycles. The molecule has 0 amide bonds. The normalized spacial score (nSPS) is 10.4. The van der Waals surface area contributed by atoms with E-state index < -0.39 is 0 Å². The van der Waals surface area contributed by atoms with E-state index in [1.807, 2.05) is 18.2 Å². The van der Waals surface area contributed by atoms with Crippen LogP contribution < -0.4 is 10.6 Å². The molecule has 1 aromatic heterocycles. The fourth-order valence-electron chi connectivity index (χ4n) is 1.31. The van der Waals surface area contributed by atoms with Gasteiger partial charge in [0.2, 0.25) is 4.77 Å². The molecule has 2 aromatic rings. The van der Waals surface area contributed by atoms with E-state index in [1.165, 1.54) is 4.68 Å². The molecule has 0 aliphatic heterocycles. The summed E-state index contributed by atoms with van der Waals surface area (Å²) in [5.41, 5.74) is 0.850. The Hall–Kier alpha value is -1.34. The average Bonchev–Trinajstić information content (AvgIpc) is 2.60. The van der Waals surface area contributed by atoms with Crippen molar-refractivity contribution < 1.29 is 4.74 Å². The molecular weight excluding hydrogens is 292 g/mol. The first-order valence-electron chi connectivity index (χ1n) is 4.40. The summed E-state index contributed by atoms with van der Waals surface area (Å²) in [6.07, 6.45) is 0. The van der Waals surface area contributed by atoms with Gasteiger partial charge in [-0.2, -0.15) is 5.10 Å². The molecular formula is C9H9BrN4OS. The van der Waals surface area contributed by atoms with E-state index in [0.29, 0.717) is 10.6 Å². The van der Waals surface area contributed by atoms with Crippen LogP contribution in [0.15, 0.2) is 22.7 Å². The fourth-order valence-corrected chi connectivity index (χ4v) is 1.99. The zero-order chi connectivity index (χ0) is 11.7. The average molecular weight is 301 g/mol. The third-order valence-corrected chi connectivity index (χ3v) is 3.02. The number of hydrogen-bond acceptors (Lipinski definition) is 4. The van der Waals surface area contributed by atoms with Crippen LogP contribution in [-0.2, 0) is 0 Å². The highest BCUT2D eigenvalue weighted by molar-refractivity contribution is 9.10. The zero-order valence-electron chi connectivity index (χ0n) is 8.40. The molecule has 0 spiro atoms. The van der Waals surface area contributed by atoms with Crippen molar-refractivity contribution in [2.75, 3.05) is 13.0 Å². The summed E-state index contributed by atoms with van der Waals surface area (Å²) >= 11 is 8.34. The summed E-state index contributed by atoms with van der Waals surface area (Å²) in [5.74, 6) is 7.06. The number of hydrogen-bond donors (Lipinski definition) is 2. The molecule has 1 aromatic carbocycles. The van der Waals surface area contributed by atoms with Gasteiger partial charge in [-0.25, -0.2) is 9.77 Å². The lowest BCUT2D eigenvalue weighted by molar-refractivity contribution is 0.412. The Morgan fingerprint density at radius 1 is 1.56 bits per heavy atom. The topological polar surface area (TPSA) is 68.9 Å². The lowest BCUT2D eigenvalue weighted by atomic mass is 10.2. The molecule has 84 valence electrons. The zero-order valence-corrected chi connectivity index (χ0v) is 10.8. The Morgan fingerprint density at radius 2 is 2.31 bits per heavy atom. The van der Waals surface area contributed by atoms with Gasteiger partial charge in [0.25, 0.3) is 0 Å². The number of nitrogens with two attached hydrogens (primary N) is 1. The predicted octanol–water partition coefficient (Wildman–Crippen LogP) is 2.09. The van der Waals surface area contributed by atoms with E-state index >= 15 is 0 Å². The van der Waals surface area contributed by atoms with Gasteiger partial charge >= 0.3 is 0 Å². The van der Waals surface area contributed by atoms with Gasteiger partial charge in [-0.3, -0.25) is 0 Å². The molecule has 2 rings (SSSR count). The first-order valence-corrected chi connectivity index (χ1v) is 5.60. The third-order valence-electron chi connectivity index (χ3n) is 2.11. The van der Waals surface area contributed by atoms with E-state index in [4.69, 9.17) is 22.8 Å². The summed E-state index contributed by atoms with van der Waals surface area (Å²) < 4.78 is 7.67. The van der Waals surface area contributed by atoms with Crippen LogP contribution in [0.4, 0.5) is 0 Å². The number of halogens is 1. The number of H-pyrrole nitrogens is 1. The van der Waals surface area contributed by atoms with Gasteiger partial charge in [-0.05, 0) is 46.3 Å². The Labute approximate surface area is 105 Å². The van der Waals surface area contributed by atoms with Crippen molar-refractivity contribution in [3.05, 3.63) is 27.4 Å². The monoisotopic (exact) mass is 300 g/mol. The SMILES string of the molecule is COc1ccc(-c2n[nH]c(=S)n2N)cc1Br. The first kappa shape index (κ1) is 11.2. The van der Waals surface area contributed by atoms with Crippen molar-refractivity contribution in [1.29, 1.82) is 0 Å². The molecule has 0 atom stereocenters. The van der Waals surface area contributed by atoms with Crippen molar-refractivity contribution in [1.82, 2.24) is 14.9 Å². The number of aromatic nitrogens is 3. The Balaban J connectivity index is 2.53. The maximum atomic E-state index is 5.73. The molecule has 0 aliphatic rings. The van der Waals surface area contributed by atoms with Crippen molar-refractivity contribution >= 4 is 28.1 Å². The van der Waals surface area contributed by atoms with Crippen molar-refractivity contribution in [3.8, 4) is 17.1 Å². The number of rotatable bonds is 2. The van der Waals surface area contributed by atoms with Crippen LogP contribution in [0.2, 0.25) is 0 Å². The smallest absolute Gasteiger partial charge is 0.214 e. The highest BCUT2D eigenvalue weighted by Gasteiger charge is 2.08.